The lowest BCUT2D eigenvalue weighted by Crippen LogP contribution is -2.41. The third kappa shape index (κ3) is 3.66. The van der Waals surface area contributed by atoms with E-state index in [4.69, 9.17) is 12.2 Å². The van der Waals surface area contributed by atoms with E-state index in [2.05, 4.69) is 22.5 Å². The molecule has 0 unspecified atom stereocenters. The second kappa shape index (κ2) is 5.96. The number of nitrogens with zero attached hydrogens (tertiary/aromatic N) is 1. The van der Waals surface area contributed by atoms with Gasteiger partial charge in [0.2, 0.25) is 0 Å². The van der Waals surface area contributed by atoms with Crippen molar-refractivity contribution in [3.63, 3.8) is 0 Å². The highest BCUT2D eigenvalue weighted by Crippen LogP contribution is 2.17. The van der Waals surface area contributed by atoms with Crippen molar-refractivity contribution in [2.45, 2.75) is 44.7 Å². The molecule has 0 aliphatic heterocycles. The van der Waals surface area contributed by atoms with Crippen LogP contribution in [0.2, 0.25) is 0 Å². The molecule has 17 heavy (non-hydrogen) atoms. The van der Waals surface area contributed by atoms with E-state index in [-0.39, 0.29) is 6.04 Å². The molecule has 1 aromatic rings. The lowest BCUT2D eigenvalue weighted by Gasteiger charge is -2.20. The molecule has 1 saturated carbocycles. The van der Waals surface area contributed by atoms with E-state index >= 15 is 0 Å². The third-order valence-corrected chi connectivity index (χ3v) is 3.48. The topological polar surface area (TPSA) is 37.0 Å². The zero-order valence-electron chi connectivity index (χ0n) is 10.1. The lowest BCUT2D eigenvalue weighted by molar-refractivity contribution is 0.605. The average molecular weight is 249 g/mol. The van der Waals surface area contributed by atoms with Crippen molar-refractivity contribution in [1.82, 2.24) is 15.6 Å². The van der Waals surface area contributed by atoms with Crippen molar-refractivity contribution in [2.75, 3.05) is 0 Å². The molecule has 2 N–H and O–H groups in total. The number of thiocarbonyl (C=S) groups is 1. The standard InChI is InChI=1S/C13H19N3S/c1-10(11-6-8-14-9-7-11)15-13(17)16-12-4-2-3-5-12/h6-10,12H,2-5H2,1H3,(H2,15,16,17)/t10-/m0/s1. The fourth-order valence-corrected chi connectivity index (χ4v) is 2.57. The summed E-state index contributed by atoms with van der Waals surface area (Å²) in [6.07, 6.45) is 8.74. The summed E-state index contributed by atoms with van der Waals surface area (Å²) in [5, 5.41) is 7.46. The fourth-order valence-electron chi connectivity index (χ4n) is 2.23. The minimum Gasteiger partial charge on any atom is -0.360 e. The van der Waals surface area contributed by atoms with Crippen LogP contribution in [-0.4, -0.2) is 16.1 Å². The average Bonchev–Trinajstić information content (AvgIpc) is 2.82. The van der Waals surface area contributed by atoms with Crippen molar-refractivity contribution in [2.24, 2.45) is 0 Å². The second-order valence-corrected chi connectivity index (χ2v) is 5.01. The Morgan fingerprint density at radius 1 is 1.35 bits per heavy atom. The molecule has 4 heteroatoms. The number of hydrogen-bond donors (Lipinski definition) is 2. The van der Waals surface area contributed by atoms with Crippen LogP contribution in [0.5, 0.6) is 0 Å². The summed E-state index contributed by atoms with van der Waals surface area (Å²) in [6.45, 7) is 2.11. The highest BCUT2D eigenvalue weighted by Gasteiger charge is 2.16. The molecule has 0 bridgehead atoms. The van der Waals surface area contributed by atoms with Gasteiger partial charge in [-0.15, -0.1) is 0 Å². The first-order valence-electron chi connectivity index (χ1n) is 6.22. The maximum atomic E-state index is 5.33. The molecular weight excluding hydrogens is 230 g/mol. The Morgan fingerprint density at radius 3 is 2.65 bits per heavy atom. The number of aromatic nitrogens is 1. The first kappa shape index (κ1) is 12.3. The van der Waals surface area contributed by atoms with Gasteiger partial charge in [-0.25, -0.2) is 0 Å². The predicted octanol–water partition coefficient (Wildman–Crippen LogP) is 2.55. The molecule has 0 amide bonds. The van der Waals surface area contributed by atoms with Gasteiger partial charge in [-0.1, -0.05) is 12.8 Å². The van der Waals surface area contributed by atoms with Crippen LogP contribution in [0.3, 0.4) is 0 Å². The molecule has 1 heterocycles. The molecular formula is C13H19N3S. The molecule has 0 saturated heterocycles. The van der Waals surface area contributed by atoms with Crippen LogP contribution in [-0.2, 0) is 0 Å². The molecule has 1 aliphatic carbocycles. The van der Waals surface area contributed by atoms with Crippen molar-refractivity contribution in [3.8, 4) is 0 Å². The van der Waals surface area contributed by atoms with E-state index in [9.17, 15) is 0 Å². The molecule has 0 radical (unpaired) electrons. The molecule has 0 spiro atoms. The Morgan fingerprint density at radius 2 is 2.00 bits per heavy atom. The van der Waals surface area contributed by atoms with Crippen LogP contribution in [0.4, 0.5) is 0 Å². The van der Waals surface area contributed by atoms with Gasteiger partial charge < -0.3 is 10.6 Å². The maximum absolute atomic E-state index is 5.33. The highest BCUT2D eigenvalue weighted by atomic mass is 32.1. The van der Waals surface area contributed by atoms with Crippen LogP contribution in [0.1, 0.15) is 44.2 Å². The van der Waals surface area contributed by atoms with E-state index < -0.39 is 0 Å². The van der Waals surface area contributed by atoms with Gasteiger partial charge >= 0.3 is 0 Å². The number of rotatable bonds is 3. The quantitative estimate of drug-likeness (QED) is 0.807. The third-order valence-electron chi connectivity index (χ3n) is 3.24. The first-order chi connectivity index (χ1) is 8.25. The first-order valence-corrected chi connectivity index (χ1v) is 6.63. The van der Waals surface area contributed by atoms with Gasteiger partial charge in [0.15, 0.2) is 5.11 Å². The SMILES string of the molecule is C[C@H](NC(=S)NC1CCCC1)c1ccncc1. The molecule has 2 rings (SSSR count). The van der Waals surface area contributed by atoms with Crippen LogP contribution >= 0.6 is 12.2 Å². The largest absolute Gasteiger partial charge is 0.360 e. The zero-order valence-corrected chi connectivity index (χ0v) is 11.0. The zero-order chi connectivity index (χ0) is 12.1. The van der Waals surface area contributed by atoms with Gasteiger partial charge in [-0.3, -0.25) is 4.98 Å². The maximum Gasteiger partial charge on any atom is 0.166 e. The fraction of sp³-hybridized carbons (Fsp3) is 0.538. The lowest BCUT2D eigenvalue weighted by atomic mass is 10.1. The van der Waals surface area contributed by atoms with Gasteiger partial charge in [0.05, 0.1) is 6.04 Å². The minimum atomic E-state index is 0.222. The summed E-state index contributed by atoms with van der Waals surface area (Å²) in [6, 6.07) is 4.81. The van der Waals surface area contributed by atoms with E-state index in [0.29, 0.717) is 6.04 Å². The van der Waals surface area contributed by atoms with Gasteiger partial charge in [-0.05, 0) is 49.7 Å². The van der Waals surface area contributed by atoms with Gasteiger partial charge in [-0.2, -0.15) is 0 Å². The Bertz CT molecular complexity index is 360. The molecule has 92 valence electrons. The smallest absolute Gasteiger partial charge is 0.166 e. The summed E-state index contributed by atoms with van der Waals surface area (Å²) in [5.74, 6) is 0. The molecule has 1 aromatic heterocycles. The summed E-state index contributed by atoms with van der Waals surface area (Å²) in [7, 11) is 0. The van der Waals surface area contributed by atoms with Gasteiger partial charge in [0.25, 0.3) is 0 Å². The van der Waals surface area contributed by atoms with E-state index in [1.807, 2.05) is 12.1 Å². The predicted molar refractivity (Wildman–Crippen MR) is 73.8 cm³/mol. The van der Waals surface area contributed by atoms with Crippen molar-refractivity contribution in [1.29, 1.82) is 0 Å². The van der Waals surface area contributed by atoms with Crippen molar-refractivity contribution in [3.05, 3.63) is 30.1 Å². The number of pyridine rings is 1. The van der Waals surface area contributed by atoms with E-state index in [1.54, 1.807) is 12.4 Å². The Labute approximate surface area is 108 Å². The summed E-state index contributed by atoms with van der Waals surface area (Å²) in [5.41, 5.74) is 1.20. The molecule has 1 atom stereocenters. The minimum absolute atomic E-state index is 0.222. The molecule has 0 aromatic carbocycles. The monoisotopic (exact) mass is 249 g/mol. The second-order valence-electron chi connectivity index (χ2n) is 4.60. The Kier molecular flexibility index (Phi) is 4.31. The highest BCUT2D eigenvalue weighted by molar-refractivity contribution is 7.80. The van der Waals surface area contributed by atoms with Crippen molar-refractivity contribution < 1.29 is 0 Å². The Hall–Kier alpha value is -1.16. The molecule has 1 fully saturated rings. The van der Waals surface area contributed by atoms with Crippen LogP contribution in [0.25, 0.3) is 0 Å². The normalized spacial score (nSPS) is 17.7. The molecule has 1 aliphatic rings. The summed E-state index contributed by atoms with van der Waals surface area (Å²) in [4.78, 5) is 4.01. The van der Waals surface area contributed by atoms with E-state index in [1.165, 1.54) is 31.2 Å². The Balaban J connectivity index is 1.81. The van der Waals surface area contributed by atoms with Crippen molar-refractivity contribution >= 4 is 17.3 Å². The van der Waals surface area contributed by atoms with Crippen LogP contribution in [0, 0.1) is 0 Å². The molecule has 3 nitrogen and oxygen atoms in total. The summed E-state index contributed by atoms with van der Waals surface area (Å²) < 4.78 is 0. The van der Waals surface area contributed by atoms with Gasteiger partial charge in [0, 0.05) is 18.4 Å². The number of hydrogen-bond acceptors (Lipinski definition) is 2. The van der Waals surface area contributed by atoms with Crippen LogP contribution in [0.15, 0.2) is 24.5 Å². The van der Waals surface area contributed by atoms with Gasteiger partial charge in [0.1, 0.15) is 0 Å². The van der Waals surface area contributed by atoms with Crippen LogP contribution < -0.4 is 10.6 Å². The summed E-state index contributed by atoms with van der Waals surface area (Å²) >= 11 is 5.33. The number of nitrogens with one attached hydrogen (secondary N) is 2. The van der Waals surface area contributed by atoms with E-state index in [0.717, 1.165) is 5.11 Å².